The highest BCUT2D eigenvalue weighted by Gasteiger charge is 2.38. The summed E-state index contributed by atoms with van der Waals surface area (Å²) in [6.45, 7) is -0.109. The SMILES string of the molecule is COc1ccc(CCC(=O)CC2OC[C@@H](O)[C@H](O)[C@H]2O)cc1O. The van der Waals surface area contributed by atoms with E-state index in [-0.39, 0.29) is 31.0 Å². The molecule has 7 heteroatoms. The molecule has 23 heavy (non-hydrogen) atoms. The minimum Gasteiger partial charge on any atom is -0.504 e. The maximum absolute atomic E-state index is 12.0. The number of hydrogen-bond acceptors (Lipinski definition) is 7. The highest BCUT2D eigenvalue weighted by Crippen LogP contribution is 2.27. The van der Waals surface area contributed by atoms with Gasteiger partial charge in [-0.25, -0.2) is 0 Å². The second-order valence-electron chi connectivity index (χ2n) is 5.67. The largest absolute Gasteiger partial charge is 0.504 e. The summed E-state index contributed by atoms with van der Waals surface area (Å²) in [5, 5.41) is 38.4. The minimum absolute atomic E-state index is 0.0144. The van der Waals surface area contributed by atoms with Gasteiger partial charge >= 0.3 is 0 Å². The number of ether oxygens (including phenoxy) is 2. The number of aliphatic hydroxyl groups is 3. The maximum Gasteiger partial charge on any atom is 0.160 e. The zero-order valence-corrected chi connectivity index (χ0v) is 12.9. The number of ketones is 1. The van der Waals surface area contributed by atoms with E-state index in [9.17, 15) is 25.2 Å². The van der Waals surface area contributed by atoms with E-state index < -0.39 is 24.4 Å². The summed E-state index contributed by atoms with van der Waals surface area (Å²) in [5.41, 5.74) is 0.789. The van der Waals surface area contributed by atoms with Crippen LogP contribution in [0.2, 0.25) is 0 Å². The molecule has 0 aromatic heterocycles. The minimum atomic E-state index is -1.31. The topological polar surface area (TPSA) is 116 Å². The molecule has 1 unspecified atom stereocenters. The molecule has 1 aliphatic heterocycles. The molecule has 0 radical (unpaired) electrons. The Balaban J connectivity index is 1.84. The van der Waals surface area contributed by atoms with Gasteiger partial charge in [0, 0.05) is 12.8 Å². The average molecular weight is 326 g/mol. The number of benzene rings is 1. The van der Waals surface area contributed by atoms with E-state index in [0.29, 0.717) is 12.2 Å². The number of aromatic hydroxyl groups is 1. The number of hydrogen-bond donors (Lipinski definition) is 4. The number of aryl methyl sites for hydroxylation is 1. The maximum atomic E-state index is 12.0. The van der Waals surface area contributed by atoms with Gasteiger partial charge in [0.1, 0.15) is 24.1 Å². The first-order chi connectivity index (χ1) is 10.9. The van der Waals surface area contributed by atoms with Gasteiger partial charge in [-0.05, 0) is 24.1 Å². The van der Waals surface area contributed by atoms with Crippen molar-refractivity contribution in [1.29, 1.82) is 0 Å². The Labute approximate surface area is 134 Å². The van der Waals surface area contributed by atoms with Crippen LogP contribution in [0.15, 0.2) is 18.2 Å². The molecular weight excluding hydrogens is 304 g/mol. The highest BCUT2D eigenvalue weighted by atomic mass is 16.5. The van der Waals surface area contributed by atoms with Gasteiger partial charge in [-0.2, -0.15) is 0 Å². The number of phenolic OH excluding ortho intramolecular Hbond substituents is 1. The van der Waals surface area contributed by atoms with E-state index in [1.54, 1.807) is 12.1 Å². The normalized spacial score (nSPS) is 27.7. The van der Waals surface area contributed by atoms with Crippen molar-refractivity contribution in [2.45, 2.75) is 43.7 Å². The third kappa shape index (κ3) is 4.42. The van der Waals surface area contributed by atoms with E-state index >= 15 is 0 Å². The van der Waals surface area contributed by atoms with Crippen molar-refractivity contribution in [1.82, 2.24) is 0 Å². The van der Waals surface area contributed by atoms with Crippen molar-refractivity contribution in [2.75, 3.05) is 13.7 Å². The molecule has 0 spiro atoms. The van der Waals surface area contributed by atoms with Crippen LogP contribution < -0.4 is 4.74 Å². The van der Waals surface area contributed by atoms with Crippen LogP contribution in [0.5, 0.6) is 11.5 Å². The van der Waals surface area contributed by atoms with Crippen molar-refractivity contribution in [3.8, 4) is 11.5 Å². The fourth-order valence-electron chi connectivity index (χ4n) is 2.55. The van der Waals surface area contributed by atoms with E-state index in [1.807, 2.05) is 0 Å². The monoisotopic (exact) mass is 326 g/mol. The first kappa shape index (κ1) is 17.7. The van der Waals surface area contributed by atoms with Crippen LogP contribution in [0, 0.1) is 0 Å². The van der Waals surface area contributed by atoms with Gasteiger partial charge in [0.2, 0.25) is 0 Å². The van der Waals surface area contributed by atoms with Gasteiger partial charge in [0.25, 0.3) is 0 Å². The third-order valence-electron chi connectivity index (χ3n) is 3.97. The number of carbonyl (C=O) groups is 1. The molecule has 1 aliphatic rings. The number of aliphatic hydroxyl groups excluding tert-OH is 3. The number of carbonyl (C=O) groups excluding carboxylic acids is 1. The fourth-order valence-corrected chi connectivity index (χ4v) is 2.55. The van der Waals surface area contributed by atoms with E-state index in [0.717, 1.165) is 5.56 Å². The molecular formula is C16H22O7. The van der Waals surface area contributed by atoms with Crippen LogP contribution in [-0.4, -0.2) is 64.3 Å². The average Bonchev–Trinajstić information content (AvgIpc) is 2.53. The molecule has 1 saturated heterocycles. The van der Waals surface area contributed by atoms with Crippen LogP contribution in [0.25, 0.3) is 0 Å². The Bertz CT molecular complexity index is 545. The molecule has 1 aromatic rings. The lowest BCUT2D eigenvalue weighted by atomic mass is 9.95. The zero-order valence-electron chi connectivity index (χ0n) is 12.9. The van der Waals surface area contributed by atoms with Crippen molar-refractivity contribution in [2.24, 2.45) is 0 Å². The predicted molar refractivity (Wildman–Crippen MR) is 80.4 cm³/mol. The standard InChI is InChI=1S/C16H22O7/c1-22-13-5-3-9(6-11(13)18)2-4-10(17)7-14-16(21)15(20)12(19)8-23-14/h3,5-6,12,14-16,18-21H,2,4,7-8H2,1H3/t12-,14?,15+,16+/m1/s1. The Morgan fingerprint density at radius 1 is 1.30 bits per heavy atom. The molecule has 0 aliphatic carbocycles. The Morgan fingerprint density at radius 2 is 2.04 bits per heavy atom. The molecule has 0 bridgehead atoms. The molecule has 4 atom stereocenters. The van der Waals surface area contributed by atoms with Crippen LogP contribution in [-0.2, 0) is 16.0 Å². The van der Waals surface area contributed by atoms with Gasteiger partial charge in [0.15, 0.2) is 11.5 Å². The number of rotatable bonds is 6. The lowest BCUT2D eigenvalue weighted by Gasteiger charge is -2.34. The number of methoxy groups -OCH3 is 1. The van der Waals surface area contributed by atoms with Crippen molar-refractivity contribution < 1.29 is 34.7 Å². The number of phenols is 1. The molecule has 1 fully saturated rings. The first-order valence-corrected chi connectivity index (χ1v) is 7.45. The highest BCUT2D eigenvalue weighted by molar-refractivity contribution is 5.79. The van der Waals surface area contributed by atoms with Crippen molar-refractivity contribution >= 4 is 5.78 Å². The van der Waals surface area contributed by atoms with Gasteiger partial charge < -0.3 is 29.9 Å². The van der Waals surface area contributed by atoms with Gasteiger partial charge in [-0.15, -0.1) is 0 Å². The van der Waals surface area contributed by atoms with E-state index in [1.165, 1.54) is 13.2 Å². The molecule has 128 valence electrons. The number of Topliss-reactive ketones (excluding diaryl/α,β-unsaturated/α-hetero) is 1. The van der Waals surface area contributed by atoms with Crippen LogP contribution in [0.3, 0.4) is 0 Å². The second-order valence-corrected chi connectivity index (χ2v) is 5.67. The fraction of sp³-hybridized carbons (Fsp3) is 0.562. The van der Waals surface area contributed by atoms with Crippen LogP contribution in [0.1, 0.15) is 18.4 Å². The second kappa shape index (κ2) is 7.74. The lowest BCUT2D eigenvalue weighted by molar-refractivity contribution is -0.189. The molecule has 7 nitrogen and oxygen atoms in total. The summed E-state index contributed by atoms with van der Waals surface area (Å²) >= 11 is 0. The summed E-state index contributed by atoms with van der Waals surface area (Å²) in [7, 11) is 1.46. The Morgan fingerprint density at radius 3 is 2.70 bits per heavy atom. The molecule has 4 N–H and O–H groups in total. The first-order valence-electron chi connectivity index (χ1n) is 7.45. The van der Waals surface area contributed by atoms with Gasteiger partial charge in [-0.3, -0.25) is 4.79 Å². The molecule has 1 heterocycles. The summed E-state index contributed by atoms with van der Waals surface area (Å²) in [6, 6.07) is 4.93. The molecule has 1 aromatic carbocycles. The molecule has 2 rings (SSSR count). The Kier molecular flexibility index (Phi) is 5.95. The summed E-state index contributed by atoms with van der Waals surface area (Å²) in [6.07, 6.45) is -3.93. The Hall–Kier alpha value is -1.67. The quantitative estimate of drug-likeness (QED) is 0.571. The van der Waals surface area contributed by atoms with E-state index in [4.69, 9.17) is 9.47 Å². The summed E-state index contributed by atoms with van der Waals surface area (Å²) in [5.74, 6) is 0.250. The van der Waals surface area contributed by atoms with Crippen LogP contribution >= 0.6 is 0 Å². The lowest BCUT2D eigenvalue weighted by Crippen LogP contribution is -2.53. The molecule has 0 saturated carbocycles. The van der Waals surface area contributed by atoms with Gasteiger partial charge in [0.05, 0.1) is 19.8 Å². The van der Waals surface area contributed by atoms with Crippen molar-refractivity contribution in [3.63, 3.8) is 0 Å². The zero-order chi connectivity index (χ0) is 17.0. The van der Waals surface area contributed by atoms with Crippen LogP contribution in [0.4, 0.5) is 0 Å². The summed E-state index contributed by atoms with van der Waals surface area (Å²) in [4.78, 5) is 12.0. The third-order valence-corrected chi connectivity index (χ3v) is 3.97. The van der Waals surface area contributed by atoms with Crippen molar-refractivity contribution in [3.05, 3.63) is 23.8 Å². The summed E-state index contributed by atoms with van der Waals surface area (Å²) < 4.78 is 10.2. The predicted octanol–water partition coefficient (Wildman–Crippen LogP) is -0.226. The smallest absolute Gasteiger partial charge is 0.160 e. The van der Waals surface area contributed by atoms with E-state index in [2.05, 4.69) is 0 Å². The van der Waals surface area contributed by atoms with Gasteiger partial charge in [-0.1, -0.05) is 6.07 Å². The molecule has 0 amide bonds.